The summed E-state index contributed by atoms with van der Waals surface area (Å²) in [4.78, 5) is 28.9. The van der Waals surface area contributed by atoms with Crippen LogP contribution in [0.25, 0.3) is 5.69 Å². The Balaban J connectivity index is 1.70. The number of hydrogen-bond acceptors (Lipinski definition) is 4. The third kappa shape index (κ3) is 4.40. The third-order valence-corrected chi connectivity index (χ3v) is 4.72. The quantitative estimate of drug-likeness (QED) is 0.702. The number of nitrogens with one attached hydrogen (secondary N) is 1. The van der Waals surface area contributed by atoms with Crippen LogP contribution in [0.3, 0.4) is 0 Å². The normalized spacial score (nSPS) is 10.5. The molecule has 2 aromatic carbocycles. The van der Waals surface area contributed by atoms with Gasteiger partial charge in [0.25, 0.3) is 5.56 Å². The Kier molecular flexibility index (Phi) is 5.53. The molecule has 26 heavy (non-hydrogen) atoms. The van der Waals surface area contributed by atoms with Crippen LogP contribution in [0.15, 0.2) is 70.7 Å². The summed E-state index contributed by atoms with van der Waals surface area (Å²) in [5, 5.41) is 3.12. The van der Waals surface area contributed by atoms with Gasteiger partial charge in [-0.1, -0.05) is 41.6 Å². The molecule has 0 aliphatic heterocycles. The lowest BCUT2D eigenvalue weighted by Gasteiger charge is -2.08. The molecular weight excluding hydrogens is 346 g/mol. The van der Waals surface area contributed by atoms with Crippen molar-refractivity contribution >= 4 is 23.4 Å². The predicted octanol–water partition coefficient (Wildman–Crippen LogP) is 3.58. The largest absolute Gasteiger partial charge is 0.325 e. The summed E-state index contributed by atoms with van der Waals surface area (Å²) in [7, 11) is 0. The van der Waals surface area contributed by atoms with Crippen LogP contribution < -0.4 is 10.9 Å². The number of thioether (sulfide) groups is 1. The monoisotopic (exact) mass is 365 g/mol. The average Bonchev–Trinajstić information content (AvgIpc) is 2.63. The van der Waals surface area contributed by atoms with Crippen LogP contribution in [0.4, 0.5) is 5.69 Å². The molecule has 0 fully saturated rings. The second-order valence-corrected chi connectivity index (χ2v) is 6.91. The topological polar surface area (TPSA) is 64.0 Å². The maximum absolute atomic E-state index is 12.6. The molecule has 0 bridgehead atoms. The molecule has 0 aliphatic rings. The fraction of sp³-hybridized carbons (Fsp3) is 0.150. The number of benzene rings is 2. The van der Waals surface area contributed by atoms with Crippen molar-refractivity contribution in [2.45, 2.75) is 18.9 Å². The first-order valence-electron chi connectivity index (χ1n) is 8.17. The summed E-state index contributed by atoms with van der Waals surface area (Å²) < 4.78 is 1.54. The van der Waals surface area contributed by atoms with Crippen molar-refractivity contribution in [3.8, 4) is 5.69 Å². The Morgan fingerprint density at radius 2 is 1.88 bits per heavy atom. The lowest BCUT2D eigenvalue weighted by atomic mass is 10.2. The highest BCUT2D eigenvalue weighted by molar-refractivity contribution is 7.99. The van der Waals surface area contributed by atoms with Gasteiger partial charge in [-0.2, -0.15) is 0 Å². The minimum atomic E-state index is -0.230. The lowest BCUT2D eigenvalue weighted by molar-refractivity contribution is -0.113. The minimum Gasteiger partial charge on any atom is -0.325 e. The van der Waals surface area contributed by atoms with Crippen LogP contribution in [0.2, 0.25) is 0 Å². The van der Waals surface area contributed by atoms with E-state index in [2.05, 4.69) is 10.3 Å². The fourth-order valence-electron chi connectivity index (χ4n) is 2.44. The standard InChI is InChI=1S/C20H19N3O2S/c1-14-6-8-16(9-7-14)22-18(24)13-26-19-20(25)23(11-10-21-19)17-5-3-4-15(2)12-17/h3-12H,13H2,1-2H3,(H,22,24). The maximum atomic E-state index is 12.6. The smallest absolute Gasteiger partial charge is 0.287 e. The Bertz CT molecular complexity index is 981. The molecule has 0 atom stereocenters. The van der Waals surface area contributed by atoms with Crippen LogP contribution in [-0.2, 0) is 4.79 Å². The van der Waals surface area contributed by atoms with E-state index in [0.29, 0.717) is 5.03 Å². The molecule has 0 aliphatic carbocycles. The third-order valence-electron chi connectivity index (χ3n) is 3.76. The zero-order valence-corrected chi connectivity index (χ0v) is 15.4. The van der Waals surface area contributed by atoms with E-state index in [0.717, 1.165) is 34.3 Å². The molecule has 1 N–H and O–H groups in total. The van der Waals surface area contributed by atoms with E-state index in [1.165, 1.54) is 0 Å². The molecule has 132 valence electrons. The Labute approximate surface area is 156 Å². The summed E-state index contributed by atoms with van der Waals surface area (Å²) in [5.41, 5.74) is 3.48. The number of carbonyl (C=O) groups excluding carboxylic acids is 1. The van der Waals surface area contributed by atoms with Crippen LogP contribution in [0.5, 0.6) is 0 Å². The van der Waals surface area contributed by atoms with Gasteiger partial charge in [0.2, 0.25) is 5.91 Å². The zero-order valence-electron chi connectivity index (χ0n) is 14.6. The van der Waals surface area contributed by atoms with Gasteiger partial charge in [-0.05, 0) is 43.7 Å². The number of amides is 1. The number of hydrogen-bond donors (Lipinski definition) is 1. The Morgan fingerprint density at radius 3 is 2.62 bits per heavy atom. The first-order chi connectivity index (χ1) is 12.5. The van der Waals surface area contributed by atoms with Crippen molar-refractivity contribution in [2.75, 3.05) is 11.1 Å². The van der Waals surface area contributed by atoms with Gasteiger partial charge >= 0.3 is 0 Å². The molecule has 3 aromatic rings. The van der Waals surface area contributed by atoms with Gasteiger partial charge in [-0.3, -0.25) is 14.2 Å². The predicted molar refractivity (Wildman–Crippen MR) is 105 cm³/mol. The number of aryl methyl sites for hydroxylation is 2. The molecule has 0 saturated carbocycles. The molecule has 5 nitrogen and oxygen atoms in total. The lowest BCUT2D eigenvalue weighted by Crippen LogP contribution is -2.22. The van der Waals surface area contributed by atoms with Crippen molar-refractivity contribution in [3.05, 3.63) is 82.4 Å². The second-order valence-electron chi connectivity index (χ2n) is 5.95. The Morgan fingerprint density at radius 1 is 1.12 bits per heavy atom. The molecule has 0 spiro atoms. The highest BCUT2D eigenvalue weighted by Crippen LogP contribution is 2.14. The molecule has 3 rings (SSSR count). The van der Waals surface area contributed by atoms with Crippen LogP contribution in [0, 0.1) is 13.8 Å². The van der Waals surface area contributed by atoms with Crippen LogP contribution in [0.1, 0.15) is 11.1 Å². The maximum Gasteiger partial charge on any atom is 0.287 e. The molecular formula is C20H19N3O2S. The minimum absolute atomic E-state index is 0.119. The van der Waals surface area contributed by atoms with Crippen molar-refractivity contribution < 1.29 is 4.79 Å². The van der Waals surface area contributed by atoms with E-state index in [1.54, 1.807) is 17.0 Å². The van der Waals surface area contributed by atoms with Crippen molar-refractivity contribution in [3.63, 3.8) is 0 Å². The van der Waals surface area contributed by atoms with Gasteiger partial charge in [0.05, 0.1) is 5.75 Å². The van der Waals surface area contributed by atoms with E-state index in [1.807, 2.05) is 62.4 Å². The first kappa shape index (κ1) is 17.9. The van der Waals surface area contributed by atoms with Gasteiger partial charge < -0.3 is 5.32 Å². The molecule has 0 radical (unpaired) electrons. The van der Waals surface area contributed by atoms with E-state index < -0.39 is 0 Å². The Hall–Kier alpha value is -2.86. The number of anilines is 1. The van der Waals surface area contributed by atoms with Gasteiger partial charge in [-0.25, -0.2) is 4.98 Å². The van der Waals surface area contributed by atoms with Gasteiger partial charge in [0.1, 0.15) is 0 Å². The molecule has 0 unspecified atom stereocenters. The molecule has 1 heterocycles. The molecule has 0 saturated heterocycles. The molecule has 1 amide bonds. The molecule has 6 heteroatoms. The zero-order chi connectivity index (χ0) is 18.5. The SMILES string of the molecule is Cc1ccc(NC(=O)CSc2nccn(-c3cccc(C)c3)c2=O)cc1. The van der Waals surface area contributed by atoms with Crippen molar-refractivity contribution in [2.24, 2.45) is 0 Å². The average molecular weight is 365 g/mol. The summed E-state index contributed by atoms with van der Waals surface area (Å²) in [5.74, 6) is -0.0560. The highest BCUT2D eigenvalue weighted by Gasteiger charge is 2.10. The van der Waals surface area contributed by atoms with E-state index >= 15 is 0 Å². The van der Waals surface area contributed by atoms with Crippen LogP contribution in [-0.4, -0.2) is 21.2 Å². The van der Waals surface area contributed by atoms with E-state index in [4.69, 9.17) is 0 Å². The number of aromatic nitrogens is 2. The van der Waals surface area contributed by atoms with Crippen molar-refractivity contribution in [1.29, 1.82) is 0 Å². The van der Waals surface area contributed by atoms with Crippen LogP contribution >= 0.6 is 11.8 Å². The van der Waals surface area contributed by atoms with Crippen molar-refractivity contribution in [1.82, 2.24) is 9.55 Å². The van der Waals surface area contributed by atoms with E-state index in [-0.39, 0.29) is 17.2 Å². The molecule has 1 aromatic heterocycles. The number of carbonyl (C=O) groups is 1. The second kappa shape index (κ2) is 8.01. The van der Waals surface area contributed by atoms with Gasteiger partial charge in [-0.15, -0.1) is 0 Å². The first-order valence-corrected chi connectivity index (χ1v) is 9.15. The highest BCUT2D eigenvalue weighted by atomic mass is 32.2. The van der Waals surface area contributed by atoms with Gasteiger partial charge in [0.15, 0.2) is 5.03 Å². The summed E-state index contributed by atoms with van der Waals surface area (Å²) >= 11 is 1.13. The summed E-state index contributed by atoms with van der Waals surface area (Å²) in [6, 6.07) is 15.2. The van der Waals surface area contributed by atoms with E-state index in [9.17, 15) is 9.59 Å². The fourth-order valence-corrected chi connectivity index (χ4v) is 3.14. The number of rotatable bonds is 5. The summed E-state index contributed by atoms with van der Waals surface area (Å²) in [6.45, 7) is 3.96. The number of nitrogens with zero attached hydrogens (tertiary/aromatic N) is 2. The summed E-state index contributed by atoms with van der Waals surface area (Å²) in [6.07, 6.45) is 3.21. The van der Waals surface area contributed by atoms with Gasteiger partial charge in [0, 0.05) is 23.8 Å².